The van der Waals surface area contributed by atoms with E-state index in [0.717, 1.165) is 37.5 Å². The third-order valence-electron chi connectivity index (χ3n) is 5.55. The van der Waals surface area contributed by atoms with Crippen molar-refractivity contribution >= 4 is 0 Å². The van der Waals surface area contributed by atoms with Crippen LogP contribution in [0.25, 0.3) is 0 Å². The second-order valence-corrected chi connectivity index (χ2v) is 7.32. The molecule has 128 valence electrons. The maximum absolute atomic E-state index is 4.64. The summed E-state index contributed by atoms with van der Waals surface area (Å²) in [6.07, 6.45) is 13.9. The highest BCUT2D eigenvalue weighted by Crippen LogP contribution is 2.32. The molecule has 0 unspecified atom stereocenters. The van der Waals surface area contributed by atoms with Crippen LogP contribution in [-0.4, -0.2) is 9.97 Å². The first kappa shape index (κ1) is 17.1. The summed E-state index contributed by atoms with van der Waals surface area (Å²) in [6.45, 7) is 4.37. The first-order chi connectivity index (χ1) is 11.8. The largest absolute Gasteiger partial charge is 0.261 e. The van der Waals surface area contributed by atoms with Gasteiger partial charge in [0.25, 0.3) is 0 Å². The number of aromatic nitrogens is 2. The lowest BCUT2D eigenvalue weighted by Gasteiger charge is -2.28. The minimum absolute atomic E-state index is 0.816. The van der Waals surface area contributed by atoms with Gasteiger partial charge in [-0.25, -0.2) is 0 Å². The average molecular weight is 322 g/mol. The van der Waals surface area contributed by atoms with Gasteiger partial charge in [0, 0.05) is 23.8 Å². The van der Waals surface area contributed by atoms with Gasteiger partial charge < -0.3 is 0 Å². The summed E-state index contributed by atoms with van der Waals surface area (Å²) in [7, 11) is 0. The van der Waals surface area contributed by atoms with E-state index in [1.807, 2.05) is 12.4 Å². The normalized spacial score (nSPS) is 20.9. The Labute approximate surface area is 146 Å². The van der Waals surface area contributed by atoms with Crippen LogP contribution >= 0.6 is 0 Å². The summed E-state index contributed by atoms with van der Waals surface area (Å²) < 4.78 is 0. The first-order valence-corrected chi connectivity index (χ1v) is 9.64. The zero-order valence-corrected chi connectivity index (χ0v) is 15.2. The number of rotatable bonds is 6. The summed E-state index contributed by atoms with van der Waals surface area (Å²) >= 11 is 0. The second-order valence-electron chi connectivity index (χ2n) is 7.32. The van der Waals surface area contributed by atoms with Crippen molar-refractivity contribution in [2.75, 3.05) is 0 Å². The molecule has 0 N–H and O–H groups in total. The number of nitrogens with zero attached hydrogens (tertiary/aromatic N) is 2. The van der Waals surface area contributed by atoms with E-state index in [1.165, 1.54) is 48.2 Å². The topological polar surface area (TPSA) is 25.8 Å². The summed E-state index contributed by atoms with van der Waals surface area (Å²) in [5, 5.41) is 0. The molecule has 1 aliphatic rings. The molecule has 0 bridgehead atoms. The Bertz CT molecular complexity index is 550. The number of hydrogen-bond donors (Lipinski definition) is 0. The van der Waals surface area contributed by atoms with Crippen LogP contribution in [0.2, 0.25) is 0 Å². The molecule has 2 aromatic heterocycles. The van der Waals surface area contributed by atoms with Crippen LogP contribution in [0.4, 0.5) is 0 Å². The van der Waals surface area contributed by atoms with Crippen molar-refractivity contribution in [3.63, 3.8) is 0 Å². The van der Waals surface area contributed by atoms with Gasteiger partial charge in [0.2, 0.25) is 0 Å². The van der Waals surface area contributed by atoms with Gasteiger partial charge in [-0.3, -0.25) is 9.97 Å². The van der Waals surface area contributed by atoms with E-state index in [2.05, 4.69) is 48.1 Å². The third-order valence-corrected chi connectivity index (χ3v) is 5.55. The van der Waals surface area contributed by atoms with E-state index < -0.39 is 0 Å². The van der Waals surface area contributed by atoms with E-state index in [9.17, 15) is 0 Å². The predicted molar refractivity (Wildman–Crippen MR) is 100 cm³/mol. The molecule has 0 aromatic carbocycles. The molecule has 0 atom stereocenters. The van der Waals surface area contributed by atoms with E-state index in [0.29, 0.717) is 0 Å². The molecule has 3 rings (SSSR count). The lowest BCUT2D eigenvalue weighted by Crippen LogP contribution is -2.18. The molecular weight excluding hydrogens is 292 g/mol. The molecule has 1 fully saturated rings. The Balaban J connectivity index is 1.46. The van der Waals surface area contributed by atoms with Gasteiger partial charge in [0.1, 0.15) is 0 Å². The molecule has 0 amide bonds. The lowest BCUT2D eigenvalue weighted by atomic mass is 9.78. The standard InChI is InChI=1S/C22H30N2/c1-3-17-9-11-21(23-15-17)13-19-5-7-20(8-6-19)14-22-12-10-18(4-2)16-24-22/h9-12,15-16,19-20H,3-8,13-14H2,1-2H3. The van der Waals surface area contributed by atoms with Crippen LogP contribution in [0.5, 0.6) is 0 Å². The summed E-state index contributed by atoms with van der Waals surface area (Å²) in [5.74, 6) is 1.63. The Morgan fingerprint density at radius 2 is 1.12 bits per heavy atom. The first-order valence-electron chi connectivity index (χ1n) is 9.64. The van der Waals surface area contributed by atoms with Gasteiger partial charge in [-0.1, -0.05) is 26.0 Å². The molecule has 2 heteroatoms. The van der Waals surface area contributed by atoms with Crippen molar-refractivity contribution in [1.29, 1.82) is 0 Å². The number of hydrogen-bond acceptors (Lipinski definition) is 2. The van der Waals surface area contributed by atoms with Gasteiger partial charge >= 0.3 is 0 Å². The lowest BCUT2D eigenvalue weighted by molar-refractivity contribution is 0.270. The monoisotopic (exact) mass is 322 g/mol. The van der Waals surface area contributed by atoms with Crippen molar-refractivity contribution in [3.8, 4) is 0 Å². The molecule has 0 spiro atoms. The Morgan fingerprint density at radius 3 is 1.42 bits per heavy atom. The zero-order valence-electron chi connectivity index (χ0n) is 15.2. The fourth-order valence-corrected chi connectivity index (χ4v) is 3.80. The molecule has 1 saturated carbocycles. The molecule has 2 nitrogen and oxygen atoms in total. The third kappa shape index (κ3) is 4.66. The fourth-order valence-electron chi connectivity index (χ4n) is 3.80. The molecule has 1 aliphatic carbocycles. The van der Waals surface area contributed by atoms with Crippen LogP contribution in [0.3, 0.4) is 0 Å². The second kappa shape index (κ2) is 8.41. The predicted octanol–water partition coefficient (Wildman–Crippen LogP) is 5.19. The maximum atomic E-state index is 4.64. The molecule has 2 aromatic rings. The van der Waals surface area contributed by atoms with Crippen LogP contribution < -0.4 is 0 Å². The van der Waals surface area contributed by atoms with E-state index in [-0.39, 0.29) is 0 Å². The van der Waals surface area contributed by atoms with E-state index in [1.54, 1.807) is 0 Å². The van der Waals surface area contributed by atoms with Crippen molar-refractivity contribution in [3.05, 3.63) is 59.2 Å². The summed E-state index contributed by atoms with van der Waals surface area (Å²) in [4.78, 5) is 9.27. The smallest absolute Gasteiger partial charge is 0.0406 e. The summed E-state index contributed by atoms with van der Waals surface area (Å²) in [6, 6.07) is 8.92. The number of pyridine rings is 2. The maximum Gasteiger partial charge on any atom is 0.0406 e. The highest BCUT2D eigenvalue weighted by Gasteiger charge is 2.22. The van der Waals surface area contributed by atoms with E-state index >= 15 is 0 Å². The van der Waals surface area contributed by atoms with Gasteiger partial charge in [0.15, 0.2) is 0 Å². The van der Waals surface area contributed by atoms with Crippen molar-refractivity contribution in [1.82, 2.24) is 9.97 Å². The Hall–Kier alpha value is -1.70. The quantitative estimate of drug-likeness (QED) is 0.731. The van der Waals surface area contributed by atoms with E-state index in [4.69, 9.17) is 0 Å². The SMILES string of the molecule is CCc1ccc(CC2CCC(Cc3ccc(CC)cn3)CC2)nc1. The summed E-state index contributed by atoms with van der Waals surface area (Å²) in [5.41, 5.74) is 5.22. The fraction of sp³-hybridized carbons (Fsp3) is 0.545. The highest BCUT2D eigenvalue weighted by molar-refractivity contribution is 5.15. The van der Waals surface area contributed by atoms with Crippen LogP contribution in [-0.2, 0) is 25.7 Å². The van der Waals surface area contributed by atoms with Gasteiger partial charge in [-0.05, 0) is 86.5 Å². The van der Waals surface area contributed by atoms with Crippen molar-refractivity contribution in [2.45, 2.75) is 65.2 Å². The van der Waals surface area contributed by atoms with Crippen LogP contribution in [0.15, 0.2) is 36.7 Å². The Kier molecular flexibility index (Phi) is 6.01. The van der Waals surface area contributed by atoms with Crippen LogP contribution in [0, 0.1) is 11.8 Å². The minimum atomic E-state index is 0.816. The molecule has 0 radical (unpaired) electrons. The molecule has 0 aliphatic heterocycles. The van der Waals surface area contributed by atoms with Gasteiger partial charge in [-0.15, -0.1) is 0 Å². The Morgan fingerprint density at radius 1 is 0.708 bits per heavy atom. The zero-order chi connectivity index (χ0) is 16.8. The van der Waals surface area contributed by atoms with Crippen LogP contribution in [0.1, 0.15) is 62.0 Å². The van der Waals surface area contributed by atoms with Crippen molar-refractivity contribution < 1.29 is 0 Å². The molecule has 2 heterocycles. The van der Waals surface area contributed by atoms with Gasteiger partial charge in [0.05, 0.1) is 0 Å². The molecule has 0 saturated heterocycles. The van der Waals surface area contributed by atoms with Gasteiger partial charge in [-0.2, -0.15) is 0 Å². The highest BCUT2D eigenvalue weighted by atomic mass is 14.7. The minimum Gasteiger partial charge on any atom is -0.261 e. The molecule has 24 heavy (non-hydrogen) atoms. The molecular formula is C22H30N2. The average Bonchev–Trinajstić information content (AvgIpc) is 2.65. The van der Waals surface area contributed by atoms with Crippen molar-refractivity contribution in [2.24, 2.45) is 11.8 Å². The number of aryl methyl sites for hydroxylation is 2.